The Hall–Kier alpha value is -1.45. The number of rotatable bonds is 7. The first kappa shape index (κ1) is 14.6. The molecule has 0 saturated heterocycles. The second-order valence-corrected chi connectivity index (χ2v) is 5.91. The van der Waals surface area contributed by atoms with Crippen LogP contribution in [0.25, 0.3) is 0 Å². The molecule has 0 aliphatic rings. The molecule has 1 aromatic rings. The van der Waals surface area contributed by atoms with Gasteiger partial charge in [0.25, 0.3) is 0 Å². The fourth-order valence-corrected chi connectivity index (χ4v) is 3.11. The Kier molecular flexibility index (Phi) is 5.75. The van der Waals surface area contributed by atoms with Gasteiger partial charge in [-0.15, -0.1) is 0 Å². The van der Waals surface area contributed by atoms with Gasteiger partial charge in [-0.25, -0.2) is 12.7 Å². The Labute approximate surface area is 108 Å². The molecule has 0 saturated carbocycles. The van der Waals surface area contributed by atoms with Crippen LogP contribution in [0.3, 0.4) is 0 Å². The Morgan fingerprint density at radius 1 is 1.39 bits per heavy atom. The molecule has 1 rings (SSSR count). The van der Waals surface area contributed by atoms with Crippen molar-refractivity contribution in [3.8, 4) is 6.07 Å². The summed E-state index contributed by atoms with van der Waals surface area (Å²) in [5, 5.41) is 8.51. The molecule has 0 radical (unpaired) electrons. The molecule has 0 aliphatic carbocycles. The van der Waals surface area contributed by atoms with Gasteiger partial charge in [0.05, 0.1) is 11.8 Å². The first-order valence-corrected chi connectivity index (χ1v) is 7.44. The molecule has 0 unspecified atom stereocenters. The van der Waals surface area contributed by atoms with E-state index in [-0.39, 0.29) is 18.7 Å². The summed E-state index contributed by atoms with van der Waals surface area (Å²) in [5.74, 6) is 0.0658. The highest BCUT2D eigenvalue weighted by Gasteiger charge is 2.19. The smallest absolute Gasteiger partial charge is 0.214 e. The third-order valence-corrected chi connectivity index (χ3v) is 4.56. The molecule has 0 amide bonds. The van der Waals surface area contributed by atoms with E-state index in [9.17, 15) is 8.42 Å². The van der Waals surface area contributed by atoms with Crippen LogP contribution in [0.15, 0.2) is 24.5 Å². The lowest BCUT2D eigenvalue weighted by atomic mass is 10.2. The van der Waals surface area contributed by atoms with Gasteiger partial charge in [0, 0.05) is 31.9 Å². The highest BCUT2D eigenvalue weighted by atomic mass is 32.2. The second kappa shape index (κ2) is 7.09. The number of nitrogens with zero attached hydrogens (tertiary/aromatic N) is 3. The summed E-state index contributed by atoms with van der Waals surface area (Å²) < 4.78 is 25.4. The Morgan fingerprint density at radius 2 is 2.06 bits per heavy atom. The van der Waals surface area contributed by atoms with Gasteiger partial charge >= 0.3 is 0 Å². The Bertz CT molecular complexity index is 494. The topological polar surface area (TPSA) is 74.1 Å². The van der Waals surface area contributed by atoms with E-state index in [2.05, 4.69) is 4.98 Å². The maximum absolute atomic E-state index is 12.0. The average Bonchev–Trinajstić information content (AvgIpc) is 2.38. The van der Waals surface area contributed by atoms with Crippen molar-refractivity contribution < 1.29 is 8.42 Å². The van der Waals surface area contributed by atoms with Crippen LogP contribution in [-0.2, 0) is 16.4 Å². The molecule has 0 bridgehead atoms. The molecule has 5 nitrogen and oxygen atoms in total. The van der Waals surface area contributed by atoms with Crippen molar-refractivity contribution in [1.82, 2.24) is 9.29 Å². The van der Waals surface area contributed by atoms with E-state index in [1.165, 1.54) is 4.31 Å². The predicted octanol–water partition coefficient (Wildman–Crippen LogP) is 1.19. The summed E-state index contributed by atoms with van der Waals surface area (Å²) in [5.41, 5.74) is 0.949. The summed E-state index contributed by atoms with van der Waals surface area (Å²) in [6.07, 6.45) is 3.99. The van der Waals surface area contributed by atoms with Crippen molar-refractivity contribution in [2.24, 2.45) is 0 Å². The maximum atomic E-state index is 12.0. The molecule has 6 heteroatoms. The first-order valence-electron chi connectivity index (χ1n) is 5.84. The number of hydrogen-bond acceptors (Lipinski definition) is 4. The van der Waals surface area contributed by atoms with Gasteiger partial charge in [-0.2, -0.15) is 5.26 Å². The fourth-order valence-electron chi connectivity index (χ4n) is 1.59. The van der Waals surface area contributed by atoms with Crippen molar-refractivity contribution in [1.29, 1.82) is 5.26 Å². The largest absolute Gasteiger partial charge is 0.265 e. The van der Waals surface area contributed by atoms with Crippen molar-refractivity contribution in [3.63, 3.8) is 0 Å². The van der Waals surface area contributed by atoms with E-state index in [1.54, 1.807) is 31.5 Å². The van der Waals surface area contributed by atoms with Crippen LogP contribution in [0.4, 0.5) is 0 Å². The Morgan fingerprint density at radius 3 is 2.61 bits per heavy atom. The quantitative estimate of drug-likeness (QED) is 0.743. The third kappa shape index (κ3) is 4.43. The summed E-state index contributed by atoms with van der Waals surface area (Å²) in [6.45, 7) is 2.45. The van der Waals surface area contributed by atoms with Crippen molar-refractivity contribution in [2.45, 2.75) is 19.8 Å². The van der Waals surface area contributed by atoms with Gasteiger partial charge in [0.2, 0.25) is 10.0 Å². The molecular weight excluding hydrogens is 250 g/mol. The van der Waals surface area contributed by atoms with Gasteiger partial charge in [0.15, 0.2) is 0 Å². The summed E-state index contributed by atoms with van der Waals surface area (Å²) in [7, 11) is -3.28. The lowest BCUT2D eigenvalue weighted by Gasteiger charge is -2.19. The molecular formula is C12H17N3O2S. The zero-order valence-electron chi connectivity index (χ0n) is 10.4. The molecule has 1 heterocycles. The highest BCUT2D eigenvalue weighted by molar-refractivity contribution is 7.89. The summed E-state index contributed by atoms with van der Waals surface area (Å²) >= 11 is 0. The minimum atomic E-state index is -3.28. The third-order valence-electron chi connectivity index (χ3n) is 2.62. The molecule has 0 atom stereocenters. The van der Waals surface area contributed by atoms with Crippen LogP contribution in [0.2, 0.25) is 0 Å². The second-order valence-electron chi connectivity index (χ2n) is 3.82. The lowest BCUT2D eigenvalue weighted by molar-refractivity contribution is 0.435. The highest BCUT2D eigenvalue weighted by Crippen LogP contribution is 2.06. The minimum Gasteiger partial charge on any atom is -0.265 e. The average molecular weight is 267 g/mol. The monoisotopic (exact) mass is 267 g/mol. The number of aromatic nitrogens is 1. The molecule has 1 aromatic heterocycles. The van der Waals surface area contributed by atoms with E-state index in [0.717, 1.165) is 5.56 Å². The molecule has 0 N–H and O–H groups in total. The van der Waals surface area contributed by atoms with Gasteiger partial charge < -0.3 is 0 Å². The molecule has 98 valence electrons. The normalized spacial score (nSPS) is 11.4. The zero-order valence-corrected chi connectivity index (χ0v) is 11.2. The van der Waals surface area contributed by atoms with Crippen LogP contribution < -0.4 is 0 Å². The number of aryl methyl sites for hydroxylation is 1. The van der Waals surface area contributed by atoms with Gasteiger partial charge in [0.1, 0.15) is 0 Å². The summed E-state index contributed by atoms with van der Waals surface area (Å²) in [4.78, 5) is 3.89. The predicted molar refractivity (Wildman–Crippen MR) is 69.2 cm³/mol. The van der Waals surface area contributed by atoms with Crippen LogP contribution in [0, 0.1) is 11.3 Å². The van der Waals surface area contributed by atoms with Crippen molar-refractivity contribution >= 4 is 10.0 Å². The van der Waals surface area contributed by atoms with Crippen molar-refractivity contribution in [3.05, 3.63) is 30.1 Å². The van der Waals surface area contributed by atoms with Crippen LogP contribution in [-0.4, -0.2) is 36.5 Å². The van der Waals surface area contributed by atoms with E-state index >= 15 is 0 Å². The maximum Gasteiger partial charge on any atom is 0.214 e. The number of hydrogen-bond donors (Lipinski definition) is 0. The molecule has 0 aliphatic heterocycles. The van der Waals surface area contributed by atoms with Crippen LogP contribution in [0.1, 0.15) is 18.9 Å². The minimum absolute atomic E-state index is 0.0658. The van der Waals surface area contributed by atoms with E-state index in [4.69, 9.17) is 5.26 Å². The van der Waals surface area contributed by atoms with E-state index in [0.29, 0.717) is 13.0 Å². The number of sulfonamides is 1. The van der Waals surface area contributed by atoms with Crippen molar-refractivity contribution in [2.75, 3.05) is 18.8 Å². The standard InChI is InChI=1S/C12H17N3O2S/c1-2-15(10-3-7-13)18(16,17)11-6-12-4-8-14-9-5-12/h4-5,8-9H,2-3,6,10-11H2,1H3. The number of pyridine rings is 1. The molecule has 0 aromatic carbocycles. The molecule has 18 heavy (non-hydrogen) atoms. The zero-order chi connectivity index (χ0) is 13.4. The van der Waals surface area contributed by atoms with E-state index < -0.39 is 10.0 Å². The van der Waals surface area contributed by atoms with Gasteiger partial charge in [-0.3, -0.25) is 4.98 Å². The summed E-state index contributed by atoms with van der Waals surface area (Å²) in [6, 6.07) is 5.58. The molecule has 0 fully saturated rings. The lowest BCUT2D eigenvalue weighted by Crippen LogP contribution is -2.34. The van der Waals surface area contributed by atoms with Crippen LogP contribution >= 0.6 is 0 Å². The number of nitriles is 1. The first-order chi connectivity index (χ1) is 8.60. The fraction of sp³-hybridized carbons (Fsp3) is 0.500. The van der Waals surface area contributed by atoms with Crippen LogP contribution in [0.5, 0.6) is 0 Å². The molecule has 0 spiro atoms. The SMILES string of the molecule is CCN(CCC#N)S(=O)(=O)CCc1ccncc1. The Balaban J connectivity index is 2.61. The van der Waals surface area contributed by atoms with Gasteiger partial charge in [-0.05, 0) is 24.1 Å². The van der Waals surface area contributed by atoms with Gasteiger partial charge in [-0.1, -0.05) is 6.92 Å². The van der Waals surface area contributed by atoms with E-state index in [1.807, 2.05) is 6.07 Å².